The topological polar surface area (TPSA) is 85.2 Å². The summed E-state index contributed by atoms with van der Waals surface area (Å²) in [6.07, 6.45) is 8.31. The predicted octanol–water partition coefficient (Wildman–Crippen LogP) is 5.50. The fourth-order valence-electron chi connectivity index (χ4n) is 6.06. The van der Waals surface area contributed by atoms with Gasteiger partial charge in [-0.3, -0.25) is 0 Å². The van der Waals surface area contributed by atoms with Crippen molar-refractivity contribution in [3.05, 3.63) is 53.6 Å². The van der Waals surface area contributed by atoms with Crippen molar-refractivity contribution in [1.29, 1.82) is 0 Å². The molecule has 3 aliphatic rings. The van der Waals surface area contributed by atoms with E-state index in [1.54, 1.807) is 13.8 Å². The number of fused-ring (bicyclic) bond motifs is 1. The van der Waals surface area contributed by atoms with Gasteiger partial charge < -0.3 is 24.4 Å². The molecule has 1 heterocycles. The molecule has 0 spiro atoms. The third-order valence-corrected chi connectivity index (χ3v) is 8.38. The van der Waals surface area contributed by atoms with Gasteiger partial charge in [-0.15, -0.1) is 0 Å². The Morgan fingerprint density at radius 3 is 2.42 bits per heavy atom. The molecule has 1 aromatic rings. The van der Waals surface area contributed by atoms with Crippen molar-refractivity contribution in [2.24, 2.45) is 17.8 Å². The SMILES string of the molecule is C[C@H]1C=CC2=C[C@@H](O)C[C@H](OC(=O)C(C)(C)Oc3ccc(C(C)(C)C)cc3)[C@@H]2[C@H]1CC[C@@H]1C[C@H](O)CCO1. The maximum atomic E-state index is 13.5. The quantitative estimate of drug-likeness (QED) is 0.456. The van der Waals surface area contributed by atoms with Gasteiger partial charge in [-0.05, 0) is 80.1 Å². The fraction of sp³-hybridized carbons (Fsp3) is 0.656. The highest BCUT2D eigenvalue weighted by Gasteiger charge is 2.44. The molecule has 1 aromatic carbocycles. The van der Waals surface area contributed by atoms with Crippen LogP contribution in [-0.2, 0) is 19.7 Å². The summed E-state index contributed by atoms with van der Waals surface area (Å²) in [5.41, 5.74) is 1.07. The second kappa shape index (κ2) is 11.5. The second-order valence-electron chi connectivity index (χ2n) is 13.0. The van der Waals surface area contributed by atoms with Gasteiger partial charge in [0.15, 0.2) is 5.60 Å². The van der Waals surface area contributed by atoms with E-state index >= 15 is 0 Å². The summed E-state index contributed by atoms with van der Waals surface area (Å²) in [5, 5.41) is 20.7. The van der Waals surface area contributed by atoms with Gasteiger partial charge in [-0.1, -0.05) is 58.1 Å². The number of rotatable bonds is 7. The molecule has 0 aromatic heterocycles. The molecule has 4 rings (SSSR count). The van der Waals surface area contributed by atoms with Gasteiger partial charge in [0.2, 0.25) is 0 Å². The van der Waals surface area contributed by atoms with Gasteiger partial charge in [0.05, 0.1) is 18.3 Å². The van der Waals surface area contributed by atoms with Gasteiger partial charge in [0.1, 0.15) is 11.9 Å². The Balaban J connectivity index is 1.46. The number of hydrogen-bond acceptors (Lipinski definition) is 6. The van der Waals surface area contributed by atoms with Crippen molar-refractivity contribution < 1.29 is 29.2 Å². The molecule has 1 saturated heterocycles. The van der Waals surface area contributed by atoms with E-state index in [9.17, 15) is 15.0 Å². The lowest BCUT2D eigenvalue weighted by Gasteiger charge is -2.43. The Kier molecular flexibility index (Phi) is 8.75. The van der Waals surface area contributed by atoms with Crippen LogP contribution in [0.3, 0.4) is 0 Å². The highest BCUT2D eigenvalue weighted by atomic mass is 16.6. The van der Waals surface area contributed by atoms with Crippen LogP contribution >= 0.6 is 0 Å². The van der Waals surface area contributed by atoms with E-state index in [0.29, 0.717) is 37.5 Å². The largest absolute Gasteiger partial charge is 0.476 e. The van der Waals surface area contributed by atoms with Crippen molar-refractivity contribution in [1.82, 2.24) is 0 Å². The van der Waals surface area contributed by atoms with E-state index in [0.717, 1.165) is 18.4 Å². The number of benzene rings is 1. The van der Waals surface area contributed by atoms with Crippen LogP contribution in [0.15, 0.2) is 48.1 Å². The first kappa shape index (κ1) is 28.8. The van der Waals surface area contributed by atoms with Crippen molar-refractivity contribution in [2.75, 3.05) is 6.61 Å². The van der Waals surface area contributed by atoms with Crippen LogP contribution in [-0.4, -0.2) is 52.8 Å². The van der Waals surface area contributed by atoms with Crippen LogP contribution in [0, 0.1) is 17.8 Å². The molecule has 2 N–H and O–H groups in total. The van der Waals surface area contributed by atoms with E-state index in [-0.39, 0.29) is 29.5 Å². The average molecular weight is 527 g/mol. The molecule has 210 valence electrons. The van der Waals surface area contributed by atoms with Crippen molar-refractivity contribution in [2.45, 2.75) is 109 Å². The number of hydrogen-bond donors (Lipinski definition) is 2. The Morgan fingerprint density at radius 2 is 1.76 bits per heavy atom. The van der Waals surface area contributed by atoms with Gasteiger partial charge in [0, 0.05) is 18.9 Å². The zero-order chi connectivity index (χ0) is 27.7. The minimum Gasteiger partial charge on any atom is -0.476 e. The molecule has 6 nitrogen and oxygen atoms in total. The van der Waals surface area contributed by atoms with Crippen LogP contribution in [0.4, 0.5) is 0 Å². The van der Waals surface area contributed by atoms with E-state index in [4.69, 9.17) is 14.2 Å². The molecule has 38 heavy (non-hydrogen) atoms. The summed E-state index contributed by atoms with van der Waals surface area (Å²) in [7, 11) is 0. The number of allylic oxidation sites excluding steroid dienone is 2. The molecule has 0 amide bonds. The van der Waals surface area contributed by atoms with Crippen LogP contribution in [0.25, 0.3) is 0 Å². The van der Waals surface area contributed by atoms with Crippen LogP contribution in [0.2, 0.25) is 0 Å². The lowest BCUT2D eigenvalue weighted by Crippen LogP contribution is -2.47. The Bertz CT molecular complexity index is 1020. The first-order valence-electron chi connectivity index (χ1n) is 14.2. The van der Waals surface area contributed by atoms with Crippen molar-refractivity contribution in [3.8, 4) is 5.75 Å². The summed E-state index contributed by atoms with van der Waals surface area (Å²) < 4.78 is 18.2. The monoisotopic (exact) mass is 526 g/mol. The highest BCUT2D eigenvalue weighted by molar-refractivity contribution is 5.79. The summed E-state index contributed by atoms with van der Waals surface area (Å²) in [5.74, 6) is 0.722. The summed E-state index contributed by atoms with van der Waals surface area (Å²) in [4.78, 5) is 13.5. The van der Waals surface area contributed by atoms with E-state index in [1.165, 1.54) is 5.56 Å². The molecular formula is C32H46O6. The molecule has 0 radical (unpaired) electrons. The van der Waals surface area contributed by atoms with E-state index in [2.05, 4.69) is 39.8 Å². The molecule has 2 aliphatic carbocycles. The van der Waals surface area contributed by atoms with Crippen molar-refractivity contribution in [3.63, 3.8) is 0 Å². The molecule has 0 unspecified atom stereocenters. The maximum Gasteiger partial charge on any atom is 0.350 e. The molecule has 0 bridgehead atoms. The molecule has 6 heteroatoms. The standard InChI is InChI=1S/C32H46O6/c1-20-7-8-21-17-24(34)19-28(29(21)27(20)14-13-26-18-23(33)15-16-36-26)37-30(35)32(5,6)38-25-11-9-22(10-12-25)31(2,3)4/h7-12,17,20,23-24,26-29,33-34H,13-16,18-19H2,1-6H3/t20-,23+,24+,26+,27-,28-,29-/m0/s1. The highest BCUT2D eigenvalue weighted by Crippen LogP contribution is 2.44. The lowest BCUT2D eigenvalue weighted by molar-refractivity contribution is -0.170. The predicted molar refractivity (Wildman–Crippen MR) is 148 cm³/mol. The zero-order valence-electron chi connectivity index (χ0n) is 23.9. The van der Waals surface area contributed by atoms with E-state index < -0.39 is 23.8 Å². The lowest BCUT2D eigenvalue weighted by atomic mass is 9.66. The fourth-order valence-corrected chi connectivity index (χ4v) is 6.06. The molecule has 7 atom stereocenters. The molecular weight excluding hydrogens is 480 g/mol. The Morgan fingerprint density at radius 1 is 1.05 bits per heavy atom. The normalized spacial score (nSPS) is 31.8. The molecule has 1 fully saturated rings. The maximum absolute atomic E-state index is 13.5. The first-order valence-corrected chi connectivity index (χ1v) is 14.2. The first-order chi connectivity index (χ1) is 17.8. The Hall–Kier alpha value is -2.15. The minimum atomic E-state index is -1.19. The van der Waals surface area contributed by atoms with Crippen LogP contribution in [0.5, 0.6) is 5.75 Å². The average Bonchev–Trinajstić information content (AvgIpc) is 2.83. The number of esters is 1. The minimum absolute atomic E-state index is 0.00210. The van der Waals surface area contributed by atoms with Gasteiger partial charge in [-0.25, -0.2) is 4.79 Å². The number of carbonyl (C=O) groups is 1. The smallest absolute Gasteiger partial charge is 0.350 e. The van der Waals surface area contributed by atoms with Gasteiger partial charge in [0.25, 0.3) is 0 Å². The summed E-state index contributed by atoms with van der Waals surface area (Å²) in [6, 6.07) is 7.85. The Labute approximate surface area is 228 Å². The second-order valence-corrected chi connectivity index (χ2v) is 13.0. The third-order valence-electron chi connectivity index (χ3n) is 8.38. The third kappa shape index (κ3) is 6.88. The van der Waals surface area contributed by atoms with E-state index in [1.807, 2.05) is 30.3 Å². The van der Waals surface area contributed by atoms with Crippen molar-refractivity contribution >= 4 is 5.97 Å². The van der Waals surface area contributed by atoms with Gasteiger partial charge >= 0.3 is 5.97 Å². The summed E-state index contributed by atoms with van der Waals surface area (Å²) >= 11 is 0. The molecule has 1 aliphatic heterocycles. The zero-order valence-corrected chi connectivity index (χ0v) is 23.9. The van der Waals surface area contributed by atoms with Crippen LogP contribution in [0.1, 0.15) is 79.2 Å². The number of aliphatic hydroxyl groups is 2. The van der Waals surface area contributed by atoms with Gasteiger partial charge in [-0.2, -0.15) is 0 Å². The number of ether oxygens (including phenoxy) is 3. The number of carbonyl (C=O) groups excluding carboxylic acids is 1. The number of aliphatic hydroxyl groups excluding tert-OH is 2. The summed E-state index contributed by atoms with van der Waals surface area (Å²) in [6.45, 7) is 12.7. The van der Waals surface area contributed by atoms with Crippen LogP contribution < -0.4 is 4.74 Å². The molecule has 0 saturated carbocycles.